The highest BCUT2D eigenvalue weighted by Crippen LogP contribution is 2.24. The molecule has 1 aliphatic heterocycles. The standard InChI is InChI=1S/C14H23NO4.C8H17NO2.C7H10O3/c1-6-11(13(18)19-14(3,4)5)15-8-10(9(2)16)7-12(15)17;1-5-6(9)7(10)11-8(2,3)4;1-5(6(2)8)4-7(9)10-3/h10-11H,6-8H2,1-5H3;6H,5,9H2,1-4H3;1,4H2,2-3H3/t;6-;/m.0./s1. The van der Waals surface area contributed by atoms with Crippen LogP contribution in [0.1, 0.15) is 94.9 Å². The third-order valence-corrected chi connectivity index (χ3v) is 5.41. The molecule has 2 N–H and O–H groups in total. The van der Waals surface area contributed by atoms with Gasteiger partial charge in [0.1, 0.15) is 29.1 Å². The summed E-state index contributed by atoms with van der Waals surface area (Å²) >= 11 is 0. The van der Waals surface area contributed by atoms with Crippen molar-refractivity contribution in [3.8, 4) is 0 Å². The molecule has 0 spiro atoms. The molecule has 1 fully saturated rings. The lowest BCUT2D eigenvalue weighted by Gasteiger charge is -2.29. The van der Waals surface area contributed by atoms with Gasteiger partial charge in [-0.05, 0) is 73.8 Å². The smallest absolute Gasteiger partial charge is 0.329 e. The lowest BCUT2D eigenvalue weighted by Crippen LogP contribution is -2.45. The zero-order valence-corrected chi connectivity index (χ0v) is 26.2. The van der Waals surface area contributed by atoms with E-state index in [0.717, 1.165) is 0 Å². The fourth-order valence-electron chi connectivity index (χ4n) is 3.10. The summed E-state index contributed by atoms with van der Waals surface area (Å²) in [5.74, 6) is -1.75. The van der Waals surface area contributed by atoms with E-state index in [1.165, 1.54) is 25.9 Å². The first-order valence-corrected chi connectivity index (χ1v) is 13.4. The van der Waals surface area contributed by atoms with Crippen molar-refractivity contribution in [3.05, 3.63) is 12.2 Å². The maximum Gasteiger partial charge on any atom is 0.329 e. The van der Waals surface area contributed by atoms with Crippen LogP contribution in [0.3, 0.4) is 0 Å². The lowest BCUT2D eigenvalue weighted by molar-refractivity contribution is -0.164. The van der Waals surface area contributed by atoms with E-state index in [2.05, 4.69) is 11.3 Å². The number of hydrogen-bond acceptors (Lipinski definition) is 10. The first-order chi connectivity index (χ1) is 18.1. The minimum absolute atomic E-state index is 0.00473. The molecule has 1 heterocycles. The van der Waals surface area contributed by atoms with Crippen LogP contribution >= 0.6 is 0 Å². The molecule has 0 radical (unpaired) electrons. The Labute approximate surface area is 239 Å². The van der Waals surface area contributed by atoms with E-state index < -0.39 is 35.2 Å². The monoisotopic (exact) mass is 570 g/mol. The minimum atomic E-state index is -0.587. The third-order valence-electron chi connectivity index (χ3n) is 5.41. The molecule has 3 atom stereocenters. The topological polar surface area (TPSA) is 159 Å². The zero-order valence-electron chi connectivity index (χ0n) is 26.2. The molecule has 1 aliphatic rings. The highest BCUT2D eigenvalue weighted by atomic mass is 16.6. The van der Waals surface area contributed by atoms with Gasteiger partial charge in [0.2, 0.25) is 5.91 Å². The van der Waals surface area contributed by atoms with Gasteiger partial charge in [-0.1, -0.05) is 20.4 Å². The number of likely N-dealkylation sites (tertiary alicyclic amines) is 1. The molecule has 40 heavy (non-hydrogen) atoms. The Hall–Kier alpha value is -3.08. The van der Waals surface area contributed by atoms with E-state index in [4.69, 9.17) is 15.2 Å². The number of amides is 1. The second kappa shape index (κ2) is 17.6. The summed E-state index contributed by atoms with van der Waals surface area (Å²) in [6, 6.07) is -1.06. The van der Waals surface area contributed by atoms with Crippen molar-refractivity contribution in [1.29, 1.82) is 0 Å². The quantitative estimate of drug-likeness (QED) is 0.247. The highest BCUT2D eigenvalue weighted by molar-refractivity contribution is 5.96. The molecule has 230 valence electrons. The summed E-state index contributed by atoms with van der Waals surface area (Å²) < 4.78 is 14.7. The molecular weight excluding hydrogens is 520 g/mol. The van der Waals surface area contributed by atoms with Crippen molar-refractivity contribution in [3.63, 3.8) is 0 Å². The molecule has 0 bridgehead atoms. The molecule has 1 amide bonds. The van der Waals surface area contributed by atoms with Crippen LogP contribution in [0.2, 0.25) is 0 Å². The summed E-state index contributed by atoms with van der Waals surface area (Å²) in [5.41, 5.74) is 4.73. The molecule has 0 aromatic carbocycles. The van der Waals surface area contributed by atoms with Crippen molar-refractivity contribution in [2.75, 3.05) is 13.7 Å². The number of ketones is 2. The second-order valence-electron chi connectivity index (χ2n) is 11.5. The van der Waals surface area contributed by atoms with Gasteiger partial charge in [0.25, 0.3) is 0 Å². The van der Waals surface area contributed by atoms with Gasteiger partial charge in [-0.2, -0.15) is 0 Å². The van der Waals surface area contributed by atoms with Crippen LogP contribution in [0, 0.1) is 5.92 Å². The Morgan fingerprint density at radius 3 is 1.75 bits per heavy atom. The van der Waals surface area contributed by atoms with Crippen molar-refractivity contribution in [1.82, 2.24) is 4.90 Å². The molecule has 0 saturated carbocycles. The normalized spacial score (nSPS) is 16.2. The second-order valence-corrected chi connectivity index (χ2v) is 11.5. The molecule has 0 aliphatic carbocycles. The van der Waals surface area contributed by atoms with Gasteiger partial charge in [0.15, 0.2) is 5.78 Å². The SMILES string of the molecule is C=C(CC(=O)OC)C(C)=O.CCC(C(=O)OC(C)(C)C)N1CC(C(C)=O)CC1=O.CC[C@H](N)C(=O)OC(C)(C)C. The number of carbonyl (C=O) groups excluding carboxylic acids is 6. The summed E-state index contributed by atoms with van der Waals surface area (Å²) in [6.07, 6.45) is 1.31. The highest BCUT2D eigenvalue weighted by Gasteiger charge is 2.40. The van der Waals surface area contributed by atoms with Crippen molar-refractivity contribution in [2.45, 2.75) is 118 Å². The Balaban J connectivity index is 0. The van der Waals surface area contributed by atoms with Gasteiger partial charge < -0.3 is 24.8 Å². The molecule has 11 heteroatoms. The summed E-state index contributed by atoms with van der Waals surface area (Å²) in [7, 11) is 1.27. The van der Waals surface area contributed by atoms with Crippen LogP contribution in [-0.2, 0) is 43.0 Å². The van der Waals surface area contributed by atoms with E-state index in [9.17, 15) is 28.8 Å². The van der Waals surface area contributed by atoms with Crippen LogP contribution in [-0.4, -0.2) is 77.2 Å². The van der Waals surface area contributed by atoms with Crippen LogP contribution in [0.5, 0.6) is 0 Å². The van der Waals surface area contributed by atoms with Crippen molar-refractivity contribution >= 4 is 35.4 Å². The fraction of sp³-hybridized carbons (Fsp3) is 0.724. The zero-order chi connectivity index (χ0) is 32.0. The number of carbonyl (C=O) groups is 6. The number of nitrogens with zero attached hydrogens (tertiary/aromatic N) is 1. The summed E-state index contributed by atoms with van der Waals surface area (Å²) in [6.45, 7) is 21.1. The molecular formula is C29H50N2O9. The number of nitrogens with two attached hydrogens (primary N) is 1. The molecule has 11 nitrogen and oxygen atoms in total. The first kappa shape index (κ1) is 39.1. The number of rotatable bonds is 9. The van der Waals surface area contributed by atoms with Gasteiger partial charge in [-0.3, -0.25) is 24.0 Å². The fourth-order valence-corrected chi connectivity index (χ4v) is 3.10. The number of esters is 3. The predicted octanol–water partition coefficient (Wildman–Crippen LogP) is 3.30. The van der Waals surface area contributed by atoms with Gasteiger partial charge in [0.05, 0.1) is 13.5 Å². The Morgan fingerprint density at radius 1 is 0.950 bits per heavy atom. The Kier molecular flexibility index (Phi) is 17.2. The van der Waals surface area contributed by atoms with E-state index >= 15 is 0 Å². The number of hydrogen-bond donors (Lipinski definition) is 1. The molecule has 2 unspecified atom stereocenters. The van der Waals surface area contributed by atoms with Crippen molar-refractivity contribution < 1.29 is 43.0 Å². The average molecular weight is 571 g/mol. The molecule has 1 rings (SSSR count). The third kappa shape index (κ3) is 16.8. The van der Waals surface area contributed by atoms with Gasteiger partial charge >= 0.3 is 17.9 Å². The molecule has 0 aromatic rings. The van der Waals surface area contributed by atoms with Crippen LogP contribution in [0.15, 0.2) is 12.2 Å². The predicted molar refractivity (Wildman–Crippen MR) is 151 cm³/mol. The average Bonchev–Trinajstić information content (AvgIpc) is 3.19. The Morgan fingerprint density at radius 2 is 1.43 bits per heavy atom. The van der Waals surface area contributed by atoms with Gasteiger partial charge in [0, 0.05) is 18.9 Å². The lowest BCUT2D eigenvalue weighted by atomic mass is 10.1. The van der Waals surface area contributed by atoms with Crippen molar-refractivity contribution in [2.24, 2.45) is 11.7 Å². The van der Waals surface area contributed by atoms with Crippen LogP contribution in [0.4, 0.5) is 0 Å². The van der Waals surface area contributed by atoms with Crippen LogP contribution < -0.4 is 5.73 Å². The maximum atomic E-state index is 12.1. The Bertz CT molecular complexity index is 913. The van der Waals surface area contributed by atoms with E-state index in [1.807, 2.05) is 34.6 Å². The van der Waals surface area contributed by atoms with E-state index in [-0.39, 0.29) is 47.8 Å². The van der Waals surface area contributed by atoms with Gasteiger partial charge in [-0.15, -0.1) is 0 Å². The maximum absolute atomic E-state index is 12.1. The summed E-state index contributed by atoms with van der Waals surface area (Å²) in [5, 5.41) is 0. The molecule has 0 aromatic heterocycles. The first-order valence-electron chi connectivity index (χ1n) is 13.4. The summed E-state index contributed by atoms with van der Waals surface area (Å²) in [4.78, 5) is 68.9. The molecule has 1 saturated heterocycles. The van der Waals surface area contributed by atoms with Crippen LogP contribution in [0.25, 0.3) is 0 Å². The largest absolute Gasteiger partial charge is 0.469 e. The van der Waals surface area contributed by atoms with E-state index in [1.54, 1.807) is 20.8 Å². The van der Waals surface area contributed by atoms with E-state index in [0.29, 0.717) is 19.4 Å². The number of Topliss-reactive ketones (excluding diaryl/α,β-unsaturated/α-hetero) is 2. The number of ether oxygens (including phenoxy) is 3. The minimum Gasteiger partial charge on any atom is -0.469 e. The number of methoxy groups -OCH3 is 1. The van der Waals surface area contributed by atoms with Gasteiger partial charge in [-0.25, -0.2) is 4.79 Å².